The Morgan fingerprint density at radius 3 is 2.70 bits per heavy atom. The first kappa shape index (κ1) is 15.3. The summed E-state index contributed by atoms with van der Waals surface area (Å²) in [7, 11) is -3.53. The molecule has 1 saturated heterocycles. The molecule has 6 heteroatoms. The highest BCUT2D eigenvalue weighted by Crippen LogP contribution is 2.31. The lowest BCUT2D eigenvalue weighted by Crippen LogP contribution is -2.55. The molecule has 1 aliphatic rings. The van der Waals surface area contributed by atoms with Gasteiger partial charge in [0.2, 0.25) is 10.0 Å². The van der Waals surface area contributed by atoms with Crippen molar-refractivity contribution in [2.75, 3.05) is 31.6 Å². The lowest BCUT2D eigenvalue weighted by atomic mass is 10.1. The Labute approximate surface area is 121 Å². The third-order valence-electron chi connectivity index (χ3n) is 3.39. The van der Waals surface area contributed by atoms with E-state index in [1.165, 1.54) is 0 Å². The minimum absolute atomic E-state index is 0.330. The molecule has 0 radical (unpaired) electrons. The van der Waals surface area contributed by atoms with Gasteiger partial charge in [-0.3, -0.25) is 0 Å². The quantitative estimate of drug-likeness (QED) is 0.922. The number of anilines is 1. The Morgan fingerprint density at radius 2 is 2.05 bits per heavy atom. The van der Waals surface area contributed by atoms with E-state index in [0.29, 0.717) is 36.9 Å². The Balaban J connectivity index is 2.44. The molecular formula is C14H22N2O3S. The van der Waals surface area contributed by atoms with Gasteiger partial charge < -0.3 is 10.1 Å². The molecule has 5 nitrogen and oxygen atoms in total. The van der Waals surface area contributed by atoms with Crippen LogP contribution in [-0.2, 0) is 14.8 Å². The zero-order valence-electron chi connectivity index (χ0n) is 12.2. The maximum atomic E-state index is 12.9. The molecule has 0 amide bonds. The van der Waals surface area contributed by atoms with Gasteiger partial charge >= 0.3 is 0 Å². The summed E-state index contributed by atoms with van der Waals surface area (Å²) in [5, 5.41) is 3.11. The van der Waals surface area contributed by atoms with Crippen molar-refractivity contribution < 1.29 is 13.2 Å². The number of hydrogen-bond donors (Lipinski definition) is 1. The molecule has 1 aliphatic heterocycles. The second-order valence-corrected chi connectivity index (χ2v) is 7.30. The summed E-state index contributed by atoms with van der Waals surface area (Å²) < 4.78 is 32.8. The van der Waals surface area contributed by atoms with Crippen molar-refractivity contribution in [3.63, 3.8) is 0 Å². The zero-order valence-corrected chi connectivity index (χ0v) is 13.0. The largest absolute Gasteiger partial charge is 0.384 e. The summed E-state index contributed by atoms with van der Waals surface area (Å²) >= 11 is 0. The van der Waals surface area contributed by atoms with E-state index in [4.69, 9.17) is 4.74 Å². The van der Waals surface area contributed by atoms with Crippen molar-refractivity contribution in [1.29, 1.82) is 0 Å². The van der Waals surface area contributed by atoms with Gasteiger partial charge in [-0.25, -0.2) is 8.42 Å². The normalized spacial score (nSPS) is 19.8. The number of hydrogen-bond acceptors (Lipinski definition) is 4. The van der Waals surface area contributed by atoms with Gasteiger partial charge in [-0.2, -0.15) is 4.31 Å². The van der Waals surface area contributed by atoms with Crippen LogP contribution in [0.4, 0.5) is 5.69 Å². The SMILES string of the molecule is CCNc1ccccc1S(=O)(=O)N1CCOCC1(C)C. The van der Waals surface area contributed by atoms with E-state index >= 15 is 0 Å². The highest BCUT2D eigenvalue weighted by Gasteiger charge is 2.40. The van der Waals surface area contributed by atoms with E-state index in [0.717, 1.165) is 0 Å². The molecule has 1 fully saturated rings. The van der Waals surface area contributed by atoms with Crippen LogP contribution in [0.1, 0.15) is 20.8 Å². The molecular weight excluding hydrogens is 276 g/mol. The van der Waals surface area contributed by atoms with Gasteiger partial charge in [-0.1, -0.05) is 12.1 Å². The highest BCUT2D eigenvalue weighted by atomic mass is 32.2. The molecule has 0 aromatic heterocycles. The third-order valence-corrected chi connectivity index (χ3v) is 5.56. The number of ether oxygens (including phenoxy) is 1. The van der Waals surface area contributed by atoms with Crippen LogP contribution in [0.25, 0.3) is 0 Å². The number of nitrogens with zero attached hydrogens (tertiary/aromatic N) is 1. The van der Waals surface area contributed by atoms with Crippen LogP contribution in [0, 0.1) is 0 Å². The minimum Gasteiger partial charge on any atom is -0.384 e. The molecule has 0 bridgehead atoms. The average molecular weight is 298 g/mol. The summed E-state index contributed by atoms with van der Waals surface area (Å²) in [6.45, 7) is 7.64. The van der Waals surface area contributed by atoms with Crippen molar-refractivity contribution in [3.05, 3.63) is 24.3 Å². The highest BCUT2D eigenvalue weighted by molar-refractivity contribution is 7.89. The summed E-state index contributed by atoms with van der Waals surface area (Å²) in [5.74, 6) is 0. The molecule has 0 spiro atoms. The summed E-state index contributed by atoms with van der Waals surface area (Å²) in [5.41, 5.74) is 0.119. The van der Waals surface area contributed by atoms with E-state index in [9.17, 15) is 8.42 Å². The Kier molecular flexibility index (Phi) is 4.36. The van der Waals surface area contributed by atoms with Crippen molar-refractivity contribution >= 4 is 15.7 Å². The van der Waals surface area contributed by atoms with Crippen LogP contribution in [-0.4, -0.2) is 44.6 Å². The van der Waals surface area contributed by atoms with Gasteiger partial charge in [-0.05, 0) is 32.9 Å². The van der Waals surface area contributed by atoms with Crippen molar-refractivity contribution in [2.45, 2.75) is 31.2 Å². The van der Waals surface area contributed by atoms with E-state index < -0.39 is 15.6 Å². The maximum absolute atomic E-state index is 12.9. The molecule has 20 heavy (non-hydrogen) atoms. The molecule has 1 heterocycles. The fourth-order valence-electron chi connectivity index (χ4n) is 2.44. The van der Waals surface area contributed by atoms with Crippen LogP contribution in [0.3, 0.4) is 0 Å². The first-order valence-corrected chi connectivity index (χ1v) is 8.27. The average Bonchev–Trinajstić information content (AvgIpc) is 2.38. The fraction of sp³-hybridized carbons (Fsp3) is 0.571. The van der Waals surface area contributed by atoms with Gasteiger partial charge in [0.15, 0.2) is 0 Å². The number of rotatable bonds is 4. The molecule has 1 aromatic carbocycles. The molecule has 1 aromatic rings. The summed E-state index contributed by atoms with van der Waals surface area (Å²) in [4.78, 5) is 0.330. The number of sulfonamides is 1. The van der Waals surface area contributed by atoms with Gasteiger partial charge in [0.1, 0.15) is 4.90 Å². The van der Waals surface area contributed by atoms with E-state index in [1.54, 1.807) is 22.5 Å². The minimum atomic E-state index is -3.53. The molecule has 0 aliphatic carbocycles. The Bertz CT molecular complexity index is 570. The van der Waals surface area contributed by atoms with Crippen LogP contribution < -0.4 is 5.32 Å². The van der Waals surface area contributed by atoms with E-state index in [2.05, 4.69) is 5.32 Å². The molecule has 112 valence electrons. The fourth-order valence-corrected chi connectivity index (χ4v) is 4.36. The number of para-hydroxylation sites is 1. The molecule has 0 saturated carbocycles. The Morgan fingerprint density at radius 1 is 1.35 bits per heavy atom. The van der Waals surface area contributed by atoms with Crippen molar-refractivity contribution in [1.82, 2.24) is 4.31 Å². The van der Waals surface area contributed by atoms with Crippen LogP contribution in [0.2, 0.25) is 0 Å². The first-order chi connectivity index (χ1) is 9.39. The van der Waals surface area contributed by atoms with Gasteiger partial charge in [0.25, 0.3) is 0 Å². The lowest BCUT2D eigenvalue weighted by Gasteiger charge is -2.41. The monoisotopic (exact) mass is 298 g/mol. The standard InChI is InChI=1S/C14H22N2O3S/c1-4-15-12-7-5-6-8-13(12)20(17,18)16-9-10-19-11-14(16,2)3/h5-8,15H,4,9-11H2,1-3H3. The summed E-state index contributed by atoms with van der Waals surface area (Å²) in [6.07, 6.45) is 0. The van der Waals surface area contributed by atoms with Gasteiger partial charge in [0.05, 0.1) is 24.4 Å². The molecule has 0 atom stereocenters. The van der Waals surface area contributed by atoms with Crippen LogP contribution >= 0.6 is 0 Å². The first-order valence-electron chi connectivity index (χ1n) is 6.83. The van der Waals surface area contributed by atoms with Gasteiger partial charge in [-0.15, -0.1) is 0 Å². The lowest BCUT2D eigenvalue weighted by molar-refractivity contribution is -0.00769. The van der Waals surface area contributed by atoms with Gasteiger partial charge in [0, 0.05) is 13.1 Å². The predicted octanol–water partition coefficient (Wildman–Crippen LogP) is 1.92. The molecule has 0 unspecified atom stereocenters. The van der Waals surface area contributed by atoms with Crippen LogP contribution in [0.5, 0.6) is 0 Å². The zero-order chi connectivity index (χ0) is 14.8. The number of benzene rings is 1. The molecule has 1 N–H and O–H groups in total. The third kappa shape index (κ3) is 2.82. The molecule has 2 rings (SSSR count). The van der Waals surface area contributed by atoms with E-state index in [1.807, 2.05) is 26.8 Å². The number of morpholine rings is 1. The Hall–Kier alpha value is -1.11. The van der Waals surface area contributed by atoms with E-state index in [-0.39, 0.29) is 0 Å². The van der Waals surface area contributed by atoms with Crippen LogP contribution in [0.15, 0.2) is 29.2 Å². The second-order valence-electron chi connectivity index (χ2n) is 5.47. The van der Waals surface area contributed by atoms with Crippen molar-refractivity contribution in [3.8, 4) is 0 Å². The smallest absolute Gasteiger partial charge is 0.245 e. The van der Waals surface area contributed by atoms with Crippen molar-refractivity contribution in [2.24, 2.45) is 0 Å². The predicted molar refractivity (Wildman–Crippen MR) is 79.4 cm³/mol. The summed E-state index contributed by atoms with van der Waals surface area (Å²) in [6, 6.07) is 7.03. The number of nitrogens with one attached hydrogen (secondary N) is 1. The topological polar surface area (TPSA) is 58.6 Å². The second kappa shape index (κ2) is 5.71. The maximum Gasteiger partial charge on any atom is 0.245 e.